The molecule has 0 bridgehead atoms. The Morgan fingerprint density at radius 3 is 2.45 bits per heavy atom. The first kappa shape index (κ1) is 16.0. The number of carbonyl (C=O) groups is 2. The Morgan fingerprint density at radius 2 is 1.82 bits per heavy atom. The number of aryl methyl sites for hydroxylation is 1. The summed E-state index contributed by atoms with van der Waals surface area (Å²) in [4.78, 5) is 24.2. The summed E-state index contributed by atoms with van der Waals surface area (Å²) < 4.78 is 5.02. The Kier molecular flexibility index (Phi) is 5.17. The van der Waals surface area contributed by atoms with Crippen LogP contribution in [0.4, 0.5) is 5.69 Å². The number of rotatable bonds is 4. The van der Waals surface area contributed by atoms with Gasteiger partial charge in [0.2, 0.25) is 0 Å². The van der Waals surface area contributed by atoms with Crippen molar-refractivity contribution in [3.05, 3.63) is 64.2 Å². The van der Waals surface area contributed by atoms with E-state index in [1.165, 1.54) is 0 Å². The molecule has 2 aromatic rings. The van der Waals surface area contributed by atoms with Gasteiger partial charge in [-0.2, -0.15) is 0 Å². The second-order valence-electron chi connectivity index (χ2n) is 4.73. The van der Waals surface area contributed by atoms with Crippen molar-refractivity contribution in [2.45, 2.75) is 13.8 Å². The van der Waals surface area contributed by atoms with E-state index in [0.29, 0.717) is 21.8 Å². The number of hydrogen-bond donors (Lipinski definition) is 1. The van der Waals surface area contributed by atoms with Gasteiger partial charge in [0.1, 0.15) is 0 Å². The maximum absolute atomic E-state index is 12.2. The lowest BCUT2D eigenvalue weighted by Crippen LogP contribution is -2.16. The van der Waals surface area contributed by atoms with Gasteiger partial charge in [0, 0.05) is 10.6 Å². The third-order valence-electron chi connectivity index (χ3n) is 3.03. The Labute approximate surface area is 134 Å². The van der Waals surface area contributed by atoms with Gasteiger partial charge in [-0.05, 0) is 50.2 Å². The van der Waals surface area contributed by atoms with E-state index in [1.807, 2.05) is 13.0 Å². The molecule has 0 fully saturated rings. The summed E-state index contributed by atoms with van der Waals surface area (Å²) in [6.45, 7) is 3.88. The molecule has 0 unspecified atom stereocenters. The first-order valence-electron chi connectivity index (χ1n) is 6.86. The van der Waals surface area contributed by atoms with E-state index in [4.69, 9.17) is 16.3 Å². The van der Waals surface area contributed by atoms with Crippen molar-refractivity contribution in [2.24, 2.45) is 0 Å². The van der Waals surface area contributed by atoms with Gasteiger partial charge in [0.15, 0.2) is 0 Å². The molecule has 0 saturated carbocycles. The fourth-order valence-corrected chi connectivity index (χ4v) is 2.07. The van der Waals surface area contributed by atoms with Gasteiger partial charge in [0.25, 0.3) is 5.91 Å². The minimum Gasteiger partial charge on any atom is -0.462 e. The van der Waals surface area contributed by atoms with Crippen molar-refractivity contribution in [1.29, 1.82) is 0 Å². The van der Waals surface area contributed by atoms with Crippen molar-refractivity contribution in [3.63, 3.8) is 0 Å². The highest BCUT2D eigenvalue weighted by Gasteiger charge is 2.15. The number of nitrogens with one attached hydrogen (secondary N) is 1. The SMILES string of the molecule is CCOC(=O)c1cc(C)ccc1NC(=O)c1ccc(Cl)cc1. The molecule has 0 aromatic heterocycles. The number of amides is 1. The predicted octanol–water partition coefficient (Wildman–Crippen LogP) is 4.08. The minimum absolute atomic E-state index is 0.275. The molecular weight excluding hydrogens is 302 g/mol. The molecule has 0 spiro atoms. The zero-order valence-electron chi connectivity index (χ0n) is 12.4. The standard InChI is InChI=1S/C17H16ClNO3/c1-3-22-17(21)14-10-11(2)4-9-15(14)19-16(20)12-5-7-13(18)8-6-12/h4-10H,3H2,1-2H3,(H,19,20). The van der Waals surface area contributed by atoms with E-state index < -0.39 is 5.97 Å². The first-order chi connectivity index (χ1) is 10.5. The number of halogens is 1. The zero-order valence-corrected chi connectivity index (χ0v) is 13.1. The van der Waals surface area contributed by atoms with Gasteiger partial charge < -0.3 is 10.1 Å². The summed E-state index contributed by atoms with van der Waals surface area (Å²) in [6.07, 6.45) is 0. The molecule has 1 N–H and O–H groups in total. The summed E-state index contributed by atoms with van der Waals surface area (Å²) in [5, 5.41) is 3.28. The monoisotopic (exact) mass is 317 g/mol. The largest absolute Gasteiger partial charge is 0.462 e. The molecule has 0 aliphatic heterocycles. The number of benzene rings is 2. The molecule has 0 atom stereocenters. The molecule has 1 amide bonds. The summed E-state index contributed by atoms with van der Waals surface area (Å²) in [6, 6.07) is 11.7. The summed E-state index contributed by atoms with van der Waals surface area (Å²) in [5.74, 6) is -0.774. The fourth-order valence-electron chi connectivity index (χ4n) is 1.94. The van der Waals surface area contributed by atoms with Crippen LogP contribution in [0, 0.1) is 6.92 Å². The number of anilines is 1. The van der Waals surface area contributed by atoms with Crippen LogP contribution < -0.4 is 5.32 Å². The second-order valence-corrected chi connectivity index (χ2v) is 5.17. The third-order valence-corrected chi connectivity index (χ3v) is 3.28. The lowest BCUT2D eigenvalue weighted by Gasteiger charge is -2.11. The number of hydrogen-bond acceptors (Lipinski definition) is 3. The smallest absolute Gasteiger partial charge is 0.340 e. The van der Waals surface area contributed by atoms with E-state index in [0.717, 1.165) is 5.56 Å². The molecule has 114 valence electrons. The molecule has 22 heavy (non-hydrogen) atoms. The molecule has 4 nitrogen and oxygen atoms in total. The van der Waals surface area contributed by atoms with Crippen molar-refractivity contribution < 1.29 is 14.3 Å². The minimum atomic E-state index is -0.461. The average molecular weight is 318 g/mol. The van der Waals surface area contributed by atoms with Gasteiger partial charge in [-0.25, -0.2) is 4.79 Å². The average Bonchev–Trinajstić information content (AvgIpc) is 2.50. The third kappa shape index (κ3) is 3.86. The Hall–Kier alpha value is -2.33. The summed E-state index contributed by atoms with van der Waals surface area (Å²) in [7, 11) is 0. The van der Waals surface area contributed by atoms with Gasteiger partial charge in [-0.1, -0.05) is 23.2 Å². The topological polar surface area (TPSA) is 55.4 Å². The van der Waals surface area contributed by atoms with Crippen molar-refractivity contribution in [1.82, 2.24) is 0 Å². The molecule has 0 saturated heterocycles. The van der Waals surface area contributed by atoms with Crippen LogP contribution in [0.5, 0.6) is 0 Å². The van der Waals surface area contributed by atoms with Crippen LogP contribution in [0.1, 0.15) is 33.2 Å². The second kappa shape index (κ2) is 7.09. The highest BCUT2D eigenvalue weighted by Crippen LogP contribution is 2.20. The Balaban J connectivity index is 2.27. The maximum Gasteiger partial charge on any atom is 0.340 e. The van der Waals surface area contributed by atoms with Gasteiger partial charge in [-0.3, -0.25) is 4.79 Å². The van der Waals surface area contributed by atoms with Gasteiger partial charge in [-0.15, -0.1) is 0 Å². The molecule has 5 heteroatoms. The Bertz CT molecular complexity index is 696. The van der Waals surface area contributed by atoms with E-state index in [9.17, 15) is 9.59 Å². The van der Waals surface area contributed by atoms with Crippen LogP contribution in [0.3, 0.4) is 0 Å². The molecule has 0 heterocycles. The lowest BCUT2D eigenvalue weighted by atomic mass is 10.1. The predicted molar refractivity (Wildman–Crippen MR) is 86.5 cm³/mol. The zero-order chi connectivity index (χ0) is 16.1. The Morgan fingerprint density at radius 1 is 1.14 bits per heavy atom. The number of ether oxygens (including phenoxy) is 1. The molecule has 0 aliphatic rings. The van der Waals surface area contributed by atoms with Crippen LogP contribution in [0.25, 0.3) is 0 Å². The first-order valence-corrected chi connectivity index (χ1v) is 7.23. The number of esters is 1. The van der Waals surface area contributed by atoms with E-state index in [1.54, 1.807) is 43.3 Å². The summed E-state index contributed by atoms with van der Waals surface area (Å²) >= 11 is 5.80. The van der Waals surface area contributed by atoms with Crippen molar-refractivity contribution in [3.8, 4) is 0 Å². The van der Waals surface area contributed by atoms with Crippen LogP contribution in [-0.2, 0) is 4.74 Å². The van der Waals surface area contributed by atoms with Crippen LogP contribution in [0.2, 0.25) is 5.02 Å². The van der Waals surface area contributed by atoms with Gasteiger partial charge >= 0.3 is 5.97 Å². The van der Waals surface area contributed by atoms with Crippen molar-refractivity contribution >= 4 is 29.2 Å². The maximum atomic E-state index is 12.2. The van der Waals surface area contributed by atoms with E-state index in [2.05, 4.69) is 5.32 Å². The highest BCUT2D eigenvalue weighted by molar-refractivity contribution is 6.30. The quantitative estimate of drug-likeness (QED) is 0.864. The van der Waals surface area contributed by atoms with Crippen LogP contribution >= 0.6 is 11.6 Å². The molecule has 0 aliphatic carbocycles. The van der Waals surface area contributed by atoms with E-state index in [-0.39, 0.29) is 12.5 Å². The van der Waals surface area contributed by atoms with Crippen LogP contribution in [0.15, 0.2) is 42.5 Å². The highest BCUT2D eigenvalue weighted by atomic mass is 35.5. The van der Waals surface area contributed by atoms with E-state index >= 15 is 0 Å². The lowest BCUT2D eigenvalue weighted by molar-refractivity contribution is 0.0527. The van der Waals surface area contributed by atoms with Crippen molar-refractivity contribution in [2.75, 3.05) is 11.9 Å². The van der Waals surface area contributed by atoms with Gasteiger partial charge in [0.05, 0.1) is 17.9 Å². The normalized spacial score (nSPS) is 10.1. The fraction of sp³-hybridized carbons (Fsp3) is 0.176. The summed E-state index contributed by atoms with van der Waals surface area (Å²) in [5.41, 5.74) is 2.13. The number of carbonyl (C=O) groups excluding carboxylic acids is 2. The molecule has 2 aromatic carbocycles. The molecular formula is C17H16ClNO3. The molecule has 0 radical (unpaired) electrons. The van der Waals surface area contributed by atoms with Crippen LogP contribution in [-0.4, -0.2) is 18.5 Å². The molecule has 2 rings (SSSR count).